The van der Waals surface area contributed by atoms with Crippen molar-refractivity contribution in [2.24, 2.45) is 0 Å². The number of aromatic nitrogens is 2. The van der Waals surface area contributed by atoms with Gasteiger partial charge in [0.15, 0.2) is 11.5 Å². The summed E-state index contributed by atoms with van der Waals surface area (Å²) in [7, 11) is 4.22. The molecule has 1 atom stereocenters. The molecular formula is C16H26N6O. The Balaban J connectivity index is 1.53. The molecule has 1 aromatic rings. The van der Waals surface area contributed by atoms with Gasteiger partial charge < -0.3 is 15.1 Å². The molecular weight excluding hydrogens is 292 g/mol. The number of nitrogens with zero attached hydrogens (tertiary/aromatic N) is 5. The lowest BCUT2D eigenvalue weighted by atomic mass is 10.2. The van der Waals surface area contributed by atoms with Crippen LogP contribution in [0, 0.1) is 0 Å². The lowest BCUT2D eigenvalue weighted by Gasteiger charge is -2.37. The highest BCUT2D eigenvalue weighted by molar-refractivity contribution is 5.92. The zero-order chi connectivity index (χ0) is 16.2. The lowest BCUT2D eigenvalue weighted by Crippen LogP contribution is -2.54. The molecule has 2 aliphatic heterocycles. The highest BCUT2D eigenvalue weighted by Gasteiger charge is 2.23. The monoisotopic (exact) mass is 318 g/mol. The van der Waals surface area contributed by atoms with Crippen LogP contribution in [-0.4, -0.2) is 85.3 Å². The fourth-order valence-electron chi connectivity index (χ4n) is 3.18. The Kier molecular flexibility index (Phi) is 5.07. The van der Waals surface area contributed by atoms with Gasteiger partial charge in [-0.25, -0.2) is 0 Å². The van der Waals surface area contributed by atoms with Gasteiger partial charge in [-0.15, -0.1) is 10.2 Å². The second-order valence-electron chi connectivity index (χ2n) is 6.58. The number of amides is 1. The van der Waals surface area contributed by atoms with Crippen LogP contribution < -0.4 is 10.2 Å². The highest BCUT2D eigenvalue weighted by Crippen LogP contribution is 2.16. The van der Waals surface area contributed by atoms with Crippen molar-refractivity contribution in [3.8, 4) is 0 Å². The molecule has 126 valence electrons. The number of carbonyl (C=O) groups excluding carboxylic acids is 1. The first-order valence-corrected chi connectivity index (χ1v) is 8.39. The third-order valence-electron chi connectivity index (χ3n) is 4.79. The number of anilines is 1. The first-order chi connectivity index (χ1) is 11.1. The number of rotatable bonds is 4. The zero-order valence-corrected chi connectivity index (χ0v) is 14.0. The van der Waals surface area contributed by atoms with Crippen LogP contribution in [0.3, 0.4) is 0 Å². The molecule has 7 nitrogen and oxygen atoms in total. The van der Waals surface area contributed by atoms with Crippen molar-refractivity contribution in [1.82, 2.24) is 25.3 Å². The average molecular weight is 318 g/mol. The standard InChI is InChI=1S/C16H26N6O/c1-20-9-10-21(2)13(12-20)11-17-16(23)14-5-6-15(19-18-14)22-7-3-4-8-22/h5-6,13H,3-4,7-12H2,1-2H3,(H,17,23). The molecule has 3 heterocycles. The predicted molar refractivity (Wildman–Crippen MR) is 89.7 cm³/mol. The SMILES string of the molecule is CN1CCN(C)C(CNC(=O)c2ccc(N3CCCC3)nn2)C1. The van der Waals surface area contributed by atoms with E-state index in [0.717, 1.165) is 38.5 Å². The lowest BCUT2D eigenvalue weighted by molar-refractivity contribution is 0.0876. The van der Waals surface area contributed by atoms with Crippen molar-refractivity contribution < 1.29 is 4.79 Å². The minimum Gasteiger partial charge on any atom is -0.355 e. The van der Waals surface area contributed by atoms with E-state index in [0.29, 0.717) is 18.3 Å². The van der Waals surface area contributed by atoms with Crippen molar-refractivity contribution in [1.29, 1.82) is 0 Å². The summed E-state index contributed by atoms with van der Waals surface area (Å²) >= 11 is 0. The van der Waals surface area contributed by atoms with Crippen LogP contribution in [0.1, 0.15) is 23.3 Å². The van der Waals surface area contributed by atoms with Crippen molar-refractivity contribution in [2.75, 3.05) is 58.3 Å². The average Bonchev–Trinajstić information content (AvgIpc) is 3.10. The van der Waals surface area contributed by atoms with E-state index in [1.165, 1.54) is 12.8 Å². The Labute approximate surface area is 137 Å². The molecule has 0 aromatic carbocycles. The first kappa shape index (κ1) is 16.1. The van der Waals surface area contributed by atoms with Crippen LogP contribution in [0.4, 0.5) is 5.82 Å². The minimum absolute atomic E-state index is 0.146. The van der Waals surface area contributed by atoms with E-state index in [1.807, 2.05) is 6.07 Å². The predicted octanol–water partition coefficient (Wildman–Crippen LogP) is 0.0524. The summed E-state index contributed by atoms with van der Waals surface area (Å²) in [6.07, 6.45) is 2.40. The molecule has 0 spiro atoms. The fourth-order valence-corrected chi connectivity index (χ4v) is 3.18. The number of carbonyl (C=O) groups is 1. The van der Waals surface area contributed by atoms with Crippen LogP contribution in [0.2, 0.25) is 0 Å². The van der Waals surface area contributed by atoms with Gasteiger partial charge in [0.1, 0.15) is 0 Å². The zero-order valence-electron chi connectivity index (χ0n) is 14.0. The van der Waals surface area contributed by atoms with E-state index in [-0.39, 0.29) is 5.91 Å². The number of nitrogens with one attached hydrogen (secondary N) is 1. The third-order valence-corrected chi connectivity index (χ3v) is 4.79. The van der Waals surface area contributed by atoms with Gasteiger partial charge in [-0.1, -0.05) is 0 Å². The molecule has 1 N–H and O–H groups in total. The van der Waals surface area contributed by atoms with E-state index in [2.05, 4.69) is 44.3 Å². The molecule has 0 aliphatic carbocycles. The van der Waals surface area contributed by atoms with Crippen molar-refractivity contribution in [3.05, 3.63) is 17.8 Å². The van der Waals surface area contributed by atoms with Crippen molar-refractivity contribution in [2.45, 2.75) is 18.9 Å². The van der Waals surface area contributed by atoms with Crippen molar-refractivity contribution in [3.63, 3.8) is 0 Å². The normalized spacial score (nSPS) is 23.2. The van der Waals surface area contributed by atoms with E-state index in [1.54, 1.807) is 6.07 Å². The Morgan fingerprint density at radius 1 is 1.17 bits per heavy atom. The first-order valence-electron chi connectivity index (χ1n) is 8.39. The van der Waals surface area contributed by atoms with Gasteiger partial charge in [-0.05, 0) is 39.1 Å². The number of hydrogen-bond acceptors (Lipinski definition) is 6. The summed E-state index contributed by atoms with van der Waals surface area (Å²) in [4.78, 5) is 19.0. The molecule has 2 saturated heterocycles. The number of hydrogen-bond donors (Lipinski definition) is 1. The Morgan fingerprint density at radius 3 is 2.65 bits per heavy atom. The van der Waals surface area contributed by atoms with Gasteiger partial charge in [-0.2, -0.15) is 0 Å². The molecule has 3 rings (SSSR count). The van der Waals surface area contributed by atoms with Gasteiger partial charge in [-0.3, -0.25) is 9.69 Å². The second kappa shape index (κ2) is 7.23. The molecule has 7 heteroatoms. The van der Waals surface area contributed by atoms with Gasteiger partial charge >= 0.3 is 0 Å². The maximum absolute atomic E-state index is 12.2. The van der Waals surface area contributed by atoms with E-state index in [9.17, 15) is 4.79 Å². The largest absolute Gasteiger partial charge is 0.355 e. The summed E-state index contributed by atoms with van der Waals surface area (Å²) in [6, 6.07) is 4.01. The molecule has 0 saturated carbocycles. The molecule has 1 amide bonds. The summed E-state index contributed by atoms with van der Waals surface area (Å²) in [5.74, 6) is 0.722. The van der Waals surface area contributed by atoms with Crippen LogP contribution in [0.5, 0.6) is 0 Å². The van der Waals surface area contributed by atoms with E-state index in [4.69, 9.17) is 0 Å². The second-order valence-corrected chi connectivity index (χ2v) is 6.58. The molecule has 1 aromatic heterocycles. The van der Waals surface area contributed by atoms with Gasteiger partial charge in [0.25, 0.3) is 5.91 Å². The van der Waals surface area contributed by atoms with E-state index >= 15 is 0 Å². The van der Waals surface area contributed by atoms with E-state index < -0.39 is 0 Å². The smallest absolute Gasteiger partial charge is 0.271 e. The molecule has 2 fully saturated rings. The maximum Gasteiger partial charge on any atom is 0.271 e. The molecule has 23 heavy (non-hydrogen) atoms. The van der Waals surface area contributed by atoms with Crippen LogP contribution in [0.15, 0.2) is 12.1 Å². The van der Waals surface area contributed by atoms with Crippen LogP contribution in [0.25, 0.3) is 0 Å². The summed E-state index contributed by atoms with van der Waals surface area (Å²) in [6.45, 7) is 5.76. The van der Waals surface area contributed by atoms with Gasteiger partial charge in [0, 0.05) is 45.3 Å². The quantitative estimate of drug-likeness (QED) is 0.846. The van der Waals surface area contributed by atoms with Gasteiger partial charge in [0.05, 0.1) is 0 Å². The molecule has 2 aliphatic rings. The Hall–Kier alpha value is -1.73. The summed E-state index contributed by atoms with van der Waals surface area (Å²) in [5.41, 5.74) is 0.389. The van der Waals surface area contributed by atoms with Crippen molar-refractivity contribution >= 4 is 11.7 Å². The molecule has 0 bridgehead atoms. The fraction of sp³-hybridized carbons (Fsp3) is 0.688. The van der Waals surface area contributed by atoms with Gasteiger partial charge in [0.2, 0.25) is 0 Å². The molecule has 0 radical (unpaired) electrons. The summed E-state index contributed by atoms with van der Waals surface area (Å²) < 4.78 is 0. The highest BCUT2D eigenvalue weighted by atomic mass is 16.1. The maximum atomic E-state index is 12.2. The number of piperazine rings is 1. The third kappa shape index (κ3) is 3.97. The summed E-state index contributed by atoms with van der Waals surface area (Å²) in [5, 5.41) is 11.3. The van der Waals surface area contributed by atoms with Crippen LogP contribution >= 0.6 is 0 Å². The minimum atomic E-state index is -0.146. The Bertz CT molecular complexity index is 528. The number of likely N-dealkylation sites (N-methyl/N-ethyl adjacent to an activating group) is 2. The topological polar surface area (TPSA) is 64.6 Å². The molecule has 1 unspecified atom stereocenters. The van der Waals surface area contributed by atoms with Crippen LogP contribution in [-0.2, 0) is 0 Å². The Morgan fingerprint density at radius 2 is 1.96 bits per heavy atom.